The Morgan fingerprint density at radius 1 is 1.20 bits per heavy atom. The Kier molecular flexibility index (Phi) is 5.25. The number of hydrogen-bond donors (Lipinski definition) is 2. The summed E-state index contributed by atoms with van der Waals surface area (Å²) in [5.41, 5.74) is 2.50. The predicted octanol–water partition coefficient (Wildman–Crippen LogP) is 2.73. The number of benzene rings is 2. The molecule has 0 fully saturated rings. The molecule has 1 heterocycles. The van der Waals surface area contributed by atoms with Gasteiger partial charge in [0.25, 0.3) is 0 Å². The fourth-order valence-corrected chi connectivity index (χ4v) is 2.62. The van der Waals surface area contributed by atoms with Gasteiger partial charge in [0.1, 0.15) is 5.75 Å². The number of anilines is 1. The highest BCUT2D eigenvalue weighted by molar-refractivity contribution is 5.52. The van der Waals surface area contributed by atoms with Crippen LogP contribution in [0.4, 0.5) is 5.69 Å². The van der Waals surface area contributed by atoms with Gasteiger partial charge in [0.05, 0.1) is 24.9 Å². The number of rotatable bonds is 7. The van der Waals surface area contributed by atoms with Crippen LogP contribution in [0.1, 0.15) is 31.3 Å². The third-order valence-electron chi connectivity index (χ3n) is 3.80. The maximum Gasteiger partial charge on any atom is 0.178 e. The lowest BCUT2D eigenvalue weighted by Crippen LogP contribution is -2.14. The van der Waals surface area contributed by atoms with E-state index in [0.29, 0.717) is 18.2 Å². The largest absolute Gasteiger partial charge is 0.494 e. The van der Waals surface area contributed by atoms with Crippen molar-refractivity contribution in [2.45, 2.75) is 26.5 Å². The Hall–Kier alpha value is -2.93. The first-order chi connectivity index (χ1) is 12.2. The molecule has 3 rings (SSSR count). The quantitative estimate of drug-likeness (QED) is 0.688. The Bertz CT molecular complexity index is 819. The van der Waals surface area contributed by atoms with Crippen LogP contribution in [0.25, 0.3) is 5.69 Å². The van der Waals surface area contributed by atoms with Gasteiger partial charge in [0.15, 0.2) is 5.82 Å². The van der Waals surface area contributed by atoms with Crippen molar-refractivity contribution in [2.75, 3.05) is 11.9 Å². The Balaban J connectivity index is 1.82. The van der Waals surface area contributed by atoms with E-state index in [1.54, 1.807) is 4.68 Å². The lowest BCUT2D eigenvalue weighted by Gasteiger charge is -2.17. The molecular formula is C18H21N5O2. The molecule has 2 N–H and O–H groups in total. The predicted molar refractivity (Wildman–Crippen MR) is 94.7 cm³/mol. The van der Waals surface area contributed by atoms with E-state index in [9.17, 15) is 5.11 Å². The molecule has 7 heteroatoms. The second-order valence-corrected chi connectivity index (χ2v) is 5.56. The van der Waals surface area contributed by atoms with Crippen LogP contribution in [0, 0.1) is 0 Å². The lowest BCUT2D eigenvalue weighted by molar-refractivity contribution is 0.267. The minimum atomic E-state index is -0.125. The van der Waals surface area contributed by atoms with Crippen LogP contribution < -0.4 is 10.1 Å². The molecular weight excluding hydrogens is 318 g/mol. The highest BCUT2D eigenvalue weighted by Crippen LogP contribution is 2.26. The third kappa shape index (κ3) is 3.77. The number of tetrazole rings is 1. The highest BCUT2D eigenvalue weighted by atomic mass is 16.5. The molecule has 2 aromatic carbocycles. The molecule has 0 unspecified atom stereocenters. The van der Waals surface area contributed by atoms with Crippen LogP contribution in [-0.4, -0.2) is 31.9 Å². The second kappa shape index (κ2) is 7.76. The lowest BCUT2D eigenvalue weighted by atomic mass is 10.1. The molecule has 0 saturated heterocycles. The normalized spacial score (nSPS) is 12.0. The SMILES string of the molecule is CCOc1ccc(N[C@H](C)c2nnnn2-c2ccccc2)cc1CO. The number of ether oxygens (including phenoxy) is 1. The van der Waals surface area contributed by atoms with Gasteiger partial charge in [-0.2, -0.15) is 4.68 Å². The number of aromatic nitrogens is 4. The van der Waals surface area contributed by atoms with Crippen molar-refractivity contribution in [1.29, 1.82) is 0 Å². The van der Waals surface area contributed by atoms with Gasteiger partial charge >= 0.3 is 0 Å². The molecule has 0 aliphatic carbocycles. The Morgan fingerprint density at radius 2 is 2.00 bits per heavy atom. The van der Waals surface area contributed by atoms with Gasteiger partial charge in [0.2, 0.25) is 0 Å². The summed E-state index contributed by atoms with van der Waals surface area (Å²) in [5.74, 6) is 1.39. The van der Waals surface area contributed by atoms with Crippen molar-refractivity contribution in [1.82, 2.24) is 20.2 Å². The summed E-state index contributed by atoms with van der Waals surface area (Å²) < 4.78 is 7.22. The van der Waals surface area contributed by atoms with Gasteiger partial charge < -0.3 is 15.2 Å². The van der Waals surface area contributed by atoms with E-state index in [4.69, 9.17) is 4.74 Å². The summed E-state index contributed by atoms with van der Waals surface area (Å²) in [6.45, 7) is 4.38. The molecule has 25 heavy (non-hydrogen) atoms. The monoisotopic (exact) mass is 339 g/mol. The number of para-hydroxylation sites is 1. The van der Waals surface area contributed by atoms with Gasteiger partial charge in [-0.15, -0.1) is 5.10 Å². The van der Waals surface area contributed by atoms with Gasteiger partial charge in [-0.25, -0.2) is 0 Å². The summed E-state index contributed by atoms with van der Waals surface area (Å²) in [5, 5.41) is 24.9. The topological polar surface area (TPSA) is 85.1 Å². The average Bonchev–Trinajstić information content (AvgIpc) is 3.14. The Labute approximate surface area is 146 Å². The molecule has 130 valence electrons. The maximum absolute atomic E-state index is 9.54. The Morgan fingerprint density at radius 3 is 2.72 bits per heavy atom. The van der Waals surface area contributed by atoms with Crippen LogP contribution in [-0.2, 0) is 6.61 Å². The zero-order valence-electron chi connectivity index (χ0n) is 14.3. The molecule has 0 spiro atoms. The van der Waals surface area contributed by atoms with E-state index in [0.717, 1.165) is 16.9 Å². The summed E-state index contributed by atoms with van der Waals surface area (Å²) in [4.78, 5) is 0. The standard InChI is InChI=1S/C18H21N5O2/c1-3-25-17-10-9-15(11-14(17)12-24)19-13(2)18-20-21-22-23(18)16-7-5-4-6-8-16/h4-11,13,19,24H,3,12H2,1-2H3/t13-/m1/s1. The van der Waals surface area contributed by atoms with Crippen LogP contribution in [0.15, 0.2) is 48.5 Å². The molecule has 7 nitrogen and oxygen atoms in total. The van der Waals surface area contributed by atoms with Crippen molar-refractivity contribution in [3.63, 3.8) is 0 Å². The van der Waals surface area contributed by atoms with E-state index in [1.165, 1.54) is 0 Å². The van der Waals surface area contributed by atoms with Gasteiger partial charge in [-0.05, 0) is 54.6 Å². The molecule has 0 saturated carbocycles. The summed E-state index contributed by atoms with van der Waals surface area (Å²) >= 11 is 0. The van der Waals surface area contributed by atoms with Crippen molar-refractivity contribution in [2.24, 2.45) is 0 Å². The molecule has 1 atom stereocenters. The van der Waals surface area contributed by atoms with E-state index in [1.807, 2.05) is 62.4 Å². The second-order valence-electron chi connectivity index (χ2n) is 5.56. The molecule has 0 aliphatic rings. The average molecular weight is 339 g/mol. The molecule has 0 bridgehead atoms. The van der Waals surface area contributed by atoms with Crippen molar-refractivity contribution < 1.29 is 9.84 Å². The van der Waals surface area contributed by atoms with Crippen LogP contribution in [0.2, 0.25) is 0 Å². The van der Waals surface area contributed by atoms with Crippen LogP contribution in [0.5, 0.6) is 5.75 Å². The van der Waals surface area contributed by atoms with E-state index in [-0.39, 0.29) is 12.6 Å². The number of aliphatic hydroxyl groups excluding tert-OH is 1. The first-order valence-electron chi connectivity index (χ1n) is 8.19. The smallest absolute Gasteiger partial charge is 0.178 e. The molecule has 0 radical (unpaired) electrons. The first kappa shape index (κ1) is 16.9. The van der Waals surface area contributed by atoms with Gasteiger partial charge in [-0.1, -0.05) is 18.2 Å². The molecule has 0 amide bonds. The van der Waals surface area contributed by atoms with E-state index < -0.39 is 0 Å². The summed E-state index contributed by atoms with van der Waals surface area (Å²) in [7, 11) is 0. The maximum atomic E-state index is 9.54. The molecule has 0 aliphatic heterocycles. The van der Waals surface area contributed by atoms with E-state index in [2.05, 4.69) is 20.8 Å². The highest BCUT2D eigenvalue weighted by Gasteiger charge is 2.16. The minimum absolute atomic E-state index is 0.0824. The zero-order valence-corrected chi connectivity index (χ0v) is 14.3. The molecule has 3 aromatic rings. The van der Waals surface area contributed by atoms with Crippen LogP contribution >= 0.6 is 0 Å². The zero-order chi connectivity index (χ0) is 17.6. The number of nitrogens with zero attached hydrogens (tertiary/aromatic N) is 4. The van der Waals surface area contributed by atoms with E-state index >= 15 is 0 Å². The fourth-order valence-electron chi connectivity index (χ4n) is 2.62. The summed E-state index contributed by atoms with van der Waals surface area (Å²) in [6.07, 6.45) is 0. The third-order valence-corrected chi connectivity index (χ3v) is 3.80. The van der Waals surface area contributed by atoms with Crippen molar-refractivity contribution in [3.8, 4) is 11.4 Å². The first-order valence-corrected chi connectivity index (χ1v) is 8.19. The number of nitrogens with one attached hydrogen (secondary N) is 1. The van der Waals surface area contributed by atoms with Gasteiger partial charge in [0, 0.05) is 11.3 Å². The number of aliphatic hydroxyl groups is 1. The molecule has 1 aromatic heterocycles. The van der Waals surface area contributed by atoms with Crippen LogP contribution in [0.3, 0.4) is 0 Å². The van der Waals surface area contributed by atoms with Crippen molar-refractivity contribution in [3.05, 3.63) is 59.9 Å². The fraction of sp³-hybridized carbons (Fsp3) is 0.278. The van der Waals surface area contributed by atoms with Crippen molar-refractivity contribution >= 4 is 5.69 Å². The minimum Gasteiger partial charge on any atom is -0.494 e. The summed E-state index contributed by atoms with van der Waals surface area (Å²) in [6, 6.07) is 15.3. The number of hydrogen-bond acceptors (Lipinski definition) is 6. The van der Waals surface area contributed by atoms with Gasteiger partial charge in [-0.3, -0.25) is 0 Å².